The summed E-state index contributed by atoms with van der Waals surface area (Å²) in [6.45, 7) is 3.25. The summed E-state index contributed by atoms with van der Waals surface area (Å²) in [5.74, 6) is 0.386. The minimum Gasteiger partial charge on any atom is -0.353 e. The molecule has 2 aliphatic heterocycles. The molecule has 2 aliphatic rings. The topological polar surface area (TPSA) is 89.9 Å². The van der Waals surface area contributed by atoms with E-state index in [-0.39, 0.29) is 11.9 Å². The molecule has 0 aromatic rings. The van der Waals surface area contributed by atoms with E-state index in [1.807, 2.05) is 0 Å². The van der Waals surface area contributed by atoms with Crippen molar-refractivity contribution < 1.29 is 4.79 Å². The smallest absolute Gasteiger partial charge is 0.229 e. The monoisotopic (exact) mass is 237 g/mol. The molecule has 2 N–H and O–H groups in total. The van der Waals surface area contributed by atoms with Crippen LogP contribution in [0.15, 0.2) is 5.11 Å². The summed E-state index contributed by atoms with van der Waals surface area (Å²) >= 11 is 0. The molecule has 0 aromatic carbocycles. The van der Waals surface area contributed by atoms with Crippen LogP contribution in [0.2, 0.25) is 0 Å². The number of azide groups is 1. The van der Waals surface area contributed by atoms with Crippen LogP contribution in [0.3, 0.4) is 0 Å². The Bertz CT molecular complexity index is 339. The lowest BCUT2D eigenvalue weighted by molar-refractivity contribution is -0.125. The van der Waals surface area contributed by atoms with E-state index in [1.54, 1.807) is 0 Å². The summed E-state index contributed by atoms with van der Waals surface area (Å²) in [6, 6.07) is 0.170. The molecule has 1 amide bonds. The summed E-state index contributed by atoms with van der Waals surface area (Å²) in [5, 5.41) is 9.97. The van der Waals surface area contributed by atoms with Gasteiger partial charge < -0.3 is 10.6 Å². The average molecular weight is 237 g/mol. The Hall–Kier alpha value is -1.26. The SMILES string of the molecule is C[C@H]1NCCC[C@@H]1[C@H]1CCC(N=[N+]=[N-])C(=O)N1. The number of carbonyl (C=O) groups excluding carboxylic acids is 1. The van der Waals surface area contributed by atoms with Crippen LogP contribution in [-0.2, 0) is 4.79 Å². The Kier molecular flexibility index (Phi) is 3.86. The van der Waals surface area contributed by atoms with Gasteiger partial charge in [-0.15, -0.1) is 0 Å². The minimum absolute atomic E-state index is 0.114. The maximum absolute atomic E-state index is 11.7. The molecular weight excluding hydrogens is 218 g/mol. The second-order valence-corrected chi connectivity index (χ2v) is 4.96. The van der Waals surface area contributed by atoms with Crippen LogP contribution in [0.4, 0.5) is 0 Å². The van der Waals surface area contributed by atoms with Gasteiger partial charge in [-0.25, -0.2) is 0 Å². The number of nitrogens with zero attached hydrogens (tertiary/aromatic N) is 3. The molecule has 6 nitrogen and oxygen atoms in total. The second kappa shape index (κ2) is 5.38. The van der Waals surface area contributed by atoms with E-state index < -0.39 is 6.04 Å². The molecule has 2 heterocycles. The lowest BCUT2D eigenvalue weighted by Gasteiger charge is -2.39. The predicted molar refractivity (Wildman–Crippen MR) is 64.3 cm³/mol. The molecule has 0 spiro atoms. The van der Waals surface area contributed by atoms with Crippen molar-refractivity contribution in [3.8, 4) is 0 Å². The number of piperidine rings is 2. The van der Waals surface area contributed by atoms with Crippen molar-refractivity contribution in [2.24, 2.45) is 11.0 Å². The highest BCUT2D eigenvalue weighted by Crippen LogP contribution is 2.26. The minimum atomic E-state index is -0.511. The van der Waals surface area contributed by atoms with E-state index in [9.17, 15) is 4.79 Å². The van der Waals surface area contributed by atoms with Gasteiger partial charge in [0.05, 0.1) is 0 Å². The largest absolute Gasteiger partial charge is 0.353 e. The molecule has 0 radical (unpaired) electrons. The zero-order chi connectivity index (χ0) is 12.3. The van der Waals surface area contributed by atoms with Gasteiger partial charge in [0.1, 0.15) is 6.04 Å². The third-order valence-corrected chi connectivity index (χ3v) is 3.91. The Morgan fingerprint density at radius 2 is 2.24 bits per heavy atom. The van der Waals surface area contributed by atoms with Gasteiger partial charge in [-0.05, 0) is 50.6 Å². The van der Waals surface area contributed by atoms with Gasteiger partial charge in [0.2, 0.25) is 5.91 Å². The number of hydrogen-bond donors (Lipinski definition) is 2. The number of rotatable bonds is 2. The van der Waals surface area contributed by atoms with Gasteiger partial charge in [-0.3, -0.25) is 4.79 Å². The average Bonchev–Trinajstić information content (AvgIpc) is 2.33. The van der Waals surface area contributed by atoms with E-state index in [0.717, 1.165) is 19.4 Å². The highest BCUT2D eigenvalue weighted by atomic mass is 16.2. The van der Waals surface area contributed by atoms with E-state index in [1.165, 1.54) is 6.42 Å². The number of amides is 1. The summed E-state index contributed by atoms with van der Waals surface area (Å²) in [7, 11) is 0. The van der Waals surface area contributed by atoms with Crippen LogP contribution in [0, 0.1) is 5.92 Å². The van der Waals surface area contributed by atoms with E-state index in [0.29, 0.717) is 18.4 Å². The van der Waals surface area contributed by atoms with Crippen LogP contribution < -0.4 is 10.6 Å². The molecule has 0 bridgehead atoms. The molecule has 94 valence electrons. The molecule has 0 saturated carbocycles. The second-order valence-electron chi connectivity index (χ2n) is 4.96. The third-order valence-electron chi connectivity index (χ3n) is 3.91. The Labute approximate surface area is 101 Å². The first kappa shape index (κ1) is 12.2. The molecule has 4 atom stereocenters. The zero-order valence-corrected chi connectivity index (χ0v) is 10.1. The number of carbonyl (C=O) groups is 1. The lowest BCUT2D eigenvalue weighted by Crippen LogP contribution is -2.55. The van der Waals surface area contributed by atoms with E-state index in [4.69, 9.17) is 5.53 Å². The Balaban J connectivity index is 1.96. The first-order valence-corrected chi connectivity index (χ1v) is 6.30. The van der Waals surface area contributed by atoms with Crippen molar-refractivity contribution >= 4 is 5.91 Å². The fourth-order valence-corrected chi connectivity index (χ4v) is 2.93. The van der Waals surface area contributed by atoms with Gasteiger partial charge in [0, 0.05) is 17.0 Å². The van der Waals surface area contributed by atoms with Crippen LogP contribution in [-0.4, -0.2) is 30.6 Å². The number of hydrogen-bond acceptors (Lipinski definition) is 3. The molecule has 2 fully saturated rings. The van der Waals surface area contributed by atoms with Gasteiger partial charge in [-0.1, -0.05) is 5.11 Å². The summed E-state index contributed by atoms with van der Waals surface area (Å²) < 4.78 is 0. The summed E-state index contributed by atoms with van der Waals surface area (Å²) in [4.78, 5) is 14.5. The van der Waals surface area contributed by atoms with Crippen LogP contribution >= 0.6 is 0 Å². The van der Waals surface area contributed by atoms with Crippen molar-refractivity contribution in [2.45, 2.75) is 50.7 Å². The fraction of sp³-hybridized carbons (Fsp3) is 0.909. The quantitative estimate of drug-likeness (QED) is 0.431. The molecule has 6 heteroatoms. The lowest BCUT2D eigenvalue weighted by atomic mass is 9.81. The van der Waals surface area contributed by atoms with Gasteiger partial charge in [0.15, 0.2) is 0 Å². The van der Waals surface area contributed by atoms with Crippen LogP contribution in [0.25, 0.3) is 10.4 Å². The van der Waals surface area contributed by atoms with Crippen molar-refractivity contribution in [3.63, 3.8) is 0 Å². The van der Waals surface area contributed by atoms with Crippen molar-refractivity contribution in [3.05, 3.63) is 10.4 Å². The normalized spacial score (nSPS) is 38.1. The van der Waals surface area contributed by atoms with Crippen molar-refractivity contribution in [1.29, 1.82) is 0 Å². The Morgan fingerprint density at radius 1 is 1.41 bits per heavy atom. The van der Waals surface area contributed by atoms with Crippen molar-refractivity contribution in [2.75, 3.05) is 6.54 Å². The molecule has 2 saturated heterocycles. The third kappa shape index (κ3) is 2.70. The first-order valence-electron chi connectivity index (χ1n) is 6.30. The standard InChI is InChI=1S/C11H19N5O/c1-7-8(3-2-6-13-7)9-4-5-10(15-16-12)11(17)14-9/h7-10,13H,2-6H2,1H3,(H,14,17)/t7-,8+,9-,10?/m1/s1. The summed E-state index contributed by atoms with van der Waals surface area (Å²) in [6.07, 6.45) is 3.91. The maximum atomic E-state index is 11.7. The fourth-order valence-electron chi connectivity index (χ4n) is 2.93. The Morgan fingerprint density at radius 3 is 2.88 bits per heavy atom. The van der Waals surface area contributed by atoms with Gasteiger partial charge >= 0.3 is 0 Å². The van der Waals surface area contributed by atoms with E-state index in [2.05, 4.69) is 27.6 Å². The number of nitrogens with one attached hydrogen (secondary N) is 2. The molecule has 2 rings (SSSR count). The molecule has 0 aliphatic carbocycles. The molecule has 0 aromatic heterocycles. The molecular formula is C11H19N5O. The van der Waals surface area contributed by atoms with Gasteiger partial charge in [-0.2, -0.15) is 0 Å². The molecule has 17 heavy (non-hydrogen) atoms. The first-order chi connectivity index (χ1) is 8.22. The van der Waals surface area contributed by atoms with Gasteiger partial charge in [0.25, 0.3) is 0 Å². The highest BCUT2D eigenvalue weighted by molar-refractivity contribution is 5.83. The van der Waals surface area contributed by atoms with Crippen LogP contribution in [0.1, 0.15) is 32.6 Å². The predicted octanol–water partition coefficient (Wildman–Crippen LogP) is 1.33. The van der Waals surface area contributed by atoms with E-state index >= 15 is 0 Å². The van der Waals surface area contributed by atoms with Crippen molar-refractivity contribution in [1.82, 2.24) is 10.6 Å². The highest BCUT2D eigenvalue weighted by Gasteiger charge is 2.35. The molecule has 1 unspecified atom stereocenters. The summed E-state index contributed by atoms with van der Waals surface area (Å²) in [5.41, 5.74) is 8.36. The maximum Gasteiger partial charge on any atom is 0.229 e. The zero-order valence-electron chi connectivity index (χ0n) is 10.1. The van der Waals surface area contributed by atoms with Crippen LogP contribution in [0.5, 0.6) is 0 Å².